The van der Waals surface area contributed by atoms with E-state index in [1.54, 1.807) is 0 Å². The highest BCUT2D eigenvalue weighted by molar-refractivity contribution is 5.78. The van der Waals surface area contributed by atoms with E-state index in [0.717, 1.165) is 51.4 Å². The third-order valence-corrected chi connectivity index (χ3v) is 3.68. The molecule has 0 unspecified atom stereocenters. The van der Waals surface area contributed by atoms with Gasteiger partial charge in [0.05, 0.1) is 0 Å². The summed E-state index contributed by atoms with van der Waals surface area (Å²) < 4.78 is 0. The Morgan fingerprint density at radius 2 is 0.818 bits per heavy atom. The van der Waals surface area contributed by atoms with Crippen LogP contribution in [0.15, 0.2) is 0 Å². The largest absolute Gasteiger partial charge is 0.300 e. The lowest BCUT2D eigenvalue weighted by Crippen LogP contribution is -1.95. The third kappa shape index (κ3) is 21.6. The van der Waals surface area contributed by atoms with Gasteiger partial charge in [-0.25, -0.2) is 0 Å². The molecular weight excluding hydrogens is 272 g/mol. The molecular formula is C20H40O2. The number of hydrogen-bond acceptors (Lipinski definition) is 2. The van der Waals surface area contributed by atoms with E-state index < -0.39 is 0 Å². The molecule has 0 amide bonds. The van der Waals surface area contributed by atoms with Crippen LogP contribution in [0.2, 0.25) is 0 Å². The van der Waals surface area contributed by atoms with E-state index in [9.17, 15) is 9.59 Å². The summed E-state index contributed by atoms with van der Waals surface area (Å²) in [6, 6.07) is 0. The summed E-state index contributed by atoms with van der Waals surface area (Å²) in [4.78, 5) is 22.0. The van der Waals surface area contributed by atoms with Crippen LogP contribution < -0.4 is 0 Å². The van der Waals surface area contributed by atoms with Crippen molar-refractivity contribution in [3.05, 3.63) is 0 Å². The minimum atomic E-state index is 0.448. The van der Waals surface area contributed by atoms with Crippen LogP contribution in [0.25, 0.3) is 0 Å². The molecule has 0 rings (SSSR count). The van der Waals surface area contributed by atoms with Crippen LogP contribution >= 0.6 is 0 Å². The molecule has 0 aliphatic rings. The van der Waals surface area contributed by atoms with Crippen molar-refractivity contribution in [1.29, 1.82) is 0 Å². The standard InChI is InChI=1S/2C10H20O/c2*1-3-5-6-7-9-10(11)8-4-2/h2*3-9H2,1-2H3. The molecule has 22 heavy (non-hydrogen) atoms. The van der Waals surface area contributed by atoms with Gasteiger partial charge >= 0.3 is 0 Å². The van der Waals surface area contributed by atoms with Gasteiger partial charge in [-0.05, 0) is 25.7 Å². The topological polar surface area (TPSA) is 34.1 Å². The van der Waals surface area contributed by atoms with Crippen LogP contribution in [0, 0.1) is 0 Å². The quantitative estimate of drug-likeness (QED) is 0.336. The summed E-state index contributed by atoms with van der Waals surface area (Å²) in [5.74, 6) is 0.896. The minimum Gasteiger partial charge on any atom is -0.300 e. The lowest BCUT2D eigenvalue weighted by atomic mass is 10.1. The van der Waals surface area contributed by atoms with Crippen molar-refractivity contribution in [2.24, 2.45) is 0 Å². The van der Waals surface area contributed by atoms with Crippen molar-refractivity contribution in [1.82, 2.24) is 0 Å². The molecule has 0 aromatic rings. The third-order valence-electron chi connectivity index (χ3n) is 3.68. The SMILES string of the molecule is CCCCCCC(=O)CCC.CCCCCCC(=O)CCC. The highest BCUT2D eigenvalue weighted by Crippen LogP contribution is 2.05. The minimum absolute atomic E-state index is 0.448. The number of ketones is 2. The Hall–Kier alpha value is -0.660. The number of carbonyl (C=O) groups excluding carboxylic acids is 2. The van der Waals surface area contributed by atoms with Crippen LogP contribution in [-0.2, 0) is 9.59 Å². The molecule has 0 fully saturated rings. The summed E-state index contributed by atoms with van der Waals surface area (Å²) in [7, 11) is 0. The van der Waals surface area contributed by atoms with Gasteiger partial charge in [-0.15, -0.1) is 0 Å². The number of carbonyl (C=O) groups is 2. The van der Waals surface area contributed by atoms with E-state index in [1.807, 2.05) is 0 Å². The highest BCUT2D eigenvalue weighted by Gasteiger charge is 1.99. The van der Waals surface area contributed by atoms with Crippen molar-refractivity contribution < 1.29 is 9.59 Å². The molecule has 0 saturated carbocycles. The Morgan fingerprint density at radius 1 is 0.455 bits per heavy atom. The van der Waals surface area contributed by atoms with E-state index in [4.69, 9.17) is 0 Å². The van der Waals surface area contributed by atoms with E-state index in [2.05, 4.69) is 27.7 Å². The van der Waals surface area contributed by atoms with Crippen molar-refractivity contribution in [3.8, 4) is 0 Å². The zero-order valence-corrected chi connectivity index (χ0v) is 15.7. The fraction of sp³-hybridized carbons (Fsp3) is 0.900. The first kappa shape index (κ1) is 23.6. The molecule has 0 radical (unpaired) electrons. The predicted molar refractivity (Wildman–Crippen MR) is 97.3 cm³/mol. The Kier molecular flexibility index (Phi) is 21.8. The van der Waals surface area contributed by atoms with Crippen molar-refractivity contribution in [3.63, 3.8) is 0 Å². The fourth-order valence-electron chi connectivity index (χ4n) is 2.31. The zero-order chi connectivity index (χ0) is 17.1. The average Bonchev–Trinajstić information content (AvgIpc) is 2.49. The predicted octanol–water partition coefficient (Wildman–Crippen LogP) is 6.65. The smallest absolute Gasteiger partial charge is 0.132 e. The first-order valence-corrected chi connectivity index (χ1v) is 9.65. The van der Waals surface area contributed by atoms with E-state index >= 15 is 0 Å². The van der Waals surface area contributed by atoms with E-state index in [1.165, 1.54) is 38.5 Å². The molecule has 2 heteroatoms. The van der Waals surface area contributed by atoms with Gasteiger partial charge in [0.15, 0.2) is 0 Å². The Labute approximate surface area is 139 Å². The number of Topliss-reactive ketones (excluding diaryl/α,β-unsaturated/α-hetero) is 2. The Balaban J connectivity index is 0. The number of rotatable bonds is 14. The Bertz CT molecular complexity index is 220. The number of unbranched alkanes of at least 4 members (excludes halogenated alkanes) is 6. The van der Waals surface area contributed by atoms with Gasteiger partial charge in [-0.1, -0.05) is 66.2 Å². The summed E-state index contributed by atoms with van der Waals surface area (Å²) in [5.41, 5.74) is 0. The Morgan fingerprint density at radius 3 is 1.09 bits per heavy atom. The van der Waals surface area contributed by atoms with Crippen LogP contribution in [0.3, 0.4) is 0 Å². The molecule has 0 bridgehead atoms. The second kappa shape index (κ2) is 20.3. The first-order chi connectivity index (χ1) is 10.6. The molecule has 0 aromatic carbocycles. The molecule has 0 heterocycles. The van der Waals surface area contributed by atoms with Crippen molar-refractivity contribution in [2.45, 2.75) is 118 Å². The van der Waals surface area contributed by atoms with Gasteiger partial charge < -0.3 is 0 Å². The van der Waals surface area contributed by atoms with Gasteiger partial charge in [0, 0.05) is 25.7 Å². The van der Waals surface area contributed by atoms with E-state index in [-0.39, 0.29) is 0 Å². The summed E-state index contributed by atoms with van der Waals surface area (Å²) in [6.07, 6.45) is 14.9. The molecule has 2 nitrogen and oxygen atoms in total. The monoisotopic (exact) mass is 312 g/mol. The first-order valence-electron chi connectivity index (χ1n) is 9.65. The van der Waals surface area contributed by atoms with E-state index in [0.29, 0.717) is 11.6 Å². The average molecular weight is 313 g/mol. The molecule has 132 valence electrons. The van der Waals surface area contributed by atoms with Crippen LogP contribution in [0.1, 0.15) is 118 Å². The highest BCUT2D eigenvalue weighted by atomic mass is 16.1. The van der Waals surface area contributed by atoms with Gasteiger partial charge in [0.1, 0.15) is 11.6 Å². The van der Waals surface area contributed by atoms with Crippen molar-refractivity contribution in [2.75, 3.05) is 0 Å². The lowest BCUT2D eigenvalue weighted by molar-refractivity contribution is -0.120. The maximum atomic E-state index is 11.0. The normalized spacial score (nSPS) is 10.0. The second-order valence-electron chi connectivity index (χ2n) is 6.20. The maximum Gasteiger partial charge on any atom is 0.132 e. The van der Waals surface area contributed by atoms with Crippen molar-refractivity contribution >= 4 is 11.6 Å². The van der Waals surface area contributed by atoms with Gasteiger partial charge in [0.25, 0.3) is 0 Å². The maximum absolute atomic E-state index is 11.0. The van der Waals surface area contributed by atoms with Crippen LogP contribution in [-0.4, -0.2) is 11.6 Å². The van der Waals surface area contributed by atoms with Gasteiger partial charge in [-0.3, -0.25) is 9.59 Å². The second-order valence-corrected chi connectivity index (χ2v) is 6.20. The lowest BCUT2D eigenvalue weighted by Gasteiger charge is -1.97. The van der Waals surface area contributed by atoms with Gasteiger partial charge in [0.2, 0.25) is 0 Å². The molecule has 0 saturated heterocycles. The summed E-state index contributed by atoms with van der Waals surface area (Å²) >= 11 is 0. The molecule has 0 atom stereocenters. The van der Waals surface area contributed by atoms with Gasteiger partial charge in [-0.2, -0.15) is 0 Å². The number of hydrogen-bond donors (Lipinski definition) is 0. The summed E-state index contributed by atoms with van der Waals surface area (Å²) in [5, 5.41) is 0. The molecule has 0 spiro atoms. The molecule has 0 N–H and O–H groups in total. The zero-order valence-electron chi connectivity index (χ0n) is 15.7. The molecule has 0 aliphatic heterocycles. The van der Waals surface area contributed by atoms with Crippen LogP contribution in [0.4, 0.5) is 0 Å². The van der Waals surface area contributed by atoms with Crippen LogP contribution in [0.5, 0.6) is 0 Å². The summed E-state index contributed by atoms with van der Waals surface area (Å²) in [6.45, 7) is 8.50. The molecule has 0 aliphatic carbocycles. The fourth-order valence-corrected chi connectivity index (χ4v) is 2.31. The molecule has 0 aromatic heterocycles.